The molecule has 0 aromatic carbocycles. The lowest BCUT2D eigenvalue weighted by Crippen LogP contribution is -2.53. The number of carbonyl (C=O) groups is 1. The predicted octanol–water partition coefficient (Wildman–Crippen LogP) is -0.154. The second-order valence-electron chi connectivity index (χ2n) is 6.29. The van der Waals surface area contributed by atoms with E-state index >= 15 is 0 Å². The molecule has 2 rings (SSSR count). The van der Waals surface area contributed by atoms with Crippen molar-refractivity contribution in [3.05, 3.63) is 41.8 Å². The third-order valence-corrected chi connectivity index (χ3v) is 6.07. The van der Waals surface area contributed by atoms with E-state index < -0.39 is 42.2 Å². The van der Waals surface area contributed by atoms with Crippen molar-refractivity contribution in [2.45, 2.75) is 19.1 Å². The molecule has 1 heterocycles. The zero-order valence-electron chi connectivity index (χ0n) is 14.5. The fourth-order valence-electron chi connectivity index (χ4n) is 2.90. The Bertz CT molecular complexity index is 979. The smallest absolute Gasteiger partial charge is 0.239 e. The van der Waals surface area contributed by atoms with Crippen LogP contribution in [0.3, 0.4) is 0 Å². The second kappa shape index (κ2) is 6.89. The first-order valence-corrected chi connectivity index (χ1v) is 11.2. The normalized spacial score (nSPS) is 23.0. The molecule has 1 aliphatic rings. The van der Waals surface area contributed by atoms with Gasteiger partial charge < -0.3 is 0 Å². The molecule has 0 fully saturated rings. The molecule has 11 heteroatoms. The molecule has 0 spiro atoms. The van der Waals surface area contributed by atoms with Crippen molar-refractivity contribution in [1.29, 1.82) is 0 Å². The van der Waals surface area contributed by atoms with Gasteiger partial charge in [-0.15, -0.1) is 0 Å². The van der Waals surface area contributed by atoms with Crippen molar-refractivity contribution in [3.63, 3.8) is 0 Å². The number of sulfone groups is 1. The lowest BCUT2D eigenvalue weighted by molar-refractivity contribution is -0.122. The first-order valence-electron chi connectivity index (χ1n) is 7.53. The molecule has 1 aromatic heterocycles. The number of amides is 1. The Kier molecular flexibility index (Phi) is 5.36. The van der Waals surface area contributed by atoms with Crippen LogP contribution < -0.4 is 10.5 Å². The third kappa shape index (κ3) is 4.54. The van der Waals surface area contributed by atoms with E-state index in [1.807, 2.05) is 0 Å². The molecule has 26 heavy (non-hydrogen) atoms. The minimum atomic E-state index is -4.26. The molecule has 0 saturated carbocycles. The average molecular weight is 400 g/mol. The molecule has 1 aliphatic carbocycles. The quantitative estimate of drug-likeness (QED) is 0.697. The molecule has 2 unspecified atom stereocenters. The van der Waals surface area contributed by atoms with Gasteiger partial charge in [-0.1, -0.05) is 24.3 Å². The molecule has 2 atom stereocenters. The lowest BCUT2D eigenvalue weighted by atomic mass is 9.82. The number of nitrogens with one attached hydrogen (secondary N) is 1. The van der Waals surface area contributed by atoms with E-state index in [0.29, 0.717) is 11.4 Å². The summed E-state index contributed by atoms with van der Waals surface area (Å²) in [5.41, 5.74) is -0.754. The number of anilines is 1. The lowest BCUT2D eigenvalue weighted by Gasteiger charge is -2.34. The number of hydrogen-bond donors (Lipinski definition) is 2. The van der Waals surface area contributed by atoms with E-state index in [4.69, 9.17) is 5.14 Å². The van der Waals surface area contributed by atoms with Crippen molar-refractivity contribution in [3.8, 4) is 0 Å². The van der Waals surface area contributed by atoms with Gasteiger partial charge in [0.2, 0.25) is 21.9 Å². The number of allylic oxidation sites excluding steroid dienone is 2. The third-order valence-electron chi connectivity index (χ3n) is 3.78. The van der Waals surface area contributed by atoms with Crippen LogP contribution in [0.15, 0.2) is 30.4 Å². The Labute approximate surface area is 152 Å². The van der Waals surface area contributed by atoms with Crippen LogP contribution in [0.4, 0.5) is 5.95 Å². The van der Waals surface area contributed by atoms with Crippen molar-refractivity contribution in [1.82, 2.24) is 9.97 Å². The van der Waals surface area contributed by atoms with Gasteiger partial charge >= 0.3 is 0 Å². The molecule has 142 valence electrons. The van der Waals surface area contributed by atoms with Crippen molar-refractivity contribution in [2.75, 3.05) is 17.3 Å². The van der Waals surface area contributed by atoms with Crippen molar-refractivity contribution >= 4 is 31.7 Å². The largest absolute Gasteiger partial charge is 0.294 e. The number of nitrogens with two attached hydrogens (primary N) is 1. The SMILES string of the molecule is Cc1cc(C)nc(NC(=O)C2(CS(C)(=O)=O)C=CC=CC2S(N)(=O)=O)n1. The number of primary sulfonamides is 1. The van der Waals surface area contributed by atoms with Crippen LogP contribution in [0.2, 0.25) is 0 Å². The molecule has 1 aromatic rings. The minimum absolute atomic E-state index is 0.0449. The van der Waals surface area contributed by atoms with Crippen molar-refractivity contribution in [2.24, 2.45) is 10.6 Å². The van der Waals surface area contributed by atoms with Gasteiger partial charge in [0.25, 0.3) is 0 Å². The van der Waals surface area contributed by atoms with Gasteiger partial charge in [0.1, 0.15) is 20.5 Å². The van der Waals surface area contributed by atoms with E-state index in [9.17, 15) is 21.6 Å². The van der Waals surface area contributed by atoms with E-state index in [1.54, 1.807) is 19.9 Å². The number of nitrogens with zero attached hydrogens (tertiary/aromatic N) is 2. The van der Waals surface area contributed by atoms with Crippen LogP contribution in [0.25, 0.3) is 0 Å². The Balaban J connectivity index is 2.55. The predicted molar refractivity (Wildman–Crippen MR) is 97.5 cm³/mol. The number of hydrogen-bond acceptors (Lipinski definition) is 7. The zero-order chi connectivity index (χ0) is 19.8. The molecular weight excluding hydrogens is 380 g/mol. The maximum Gasteiger partial charge on any atom is 0.239 e. The number of aromatic nitrogens is 2. The summed E-state index contributed by atoms with van der Waals surface area (Å²) in [6, 6.07) is 1.69. The van der Waals surface area contributed by atoms with Gasteiger partial charge in [-0.25, -0.2) is 31.9 Å². The summed E-state index contributed by atoms with van der Waals surface area (Å²) in [6.45, 7) is 3.40. The van der Waals surface area contributed by atoms with Crippen LogP contribution >= 0.6 is 0 Å². The van der Waals surface area contributed by atoms with Crippen LogP contribution in [0.5, 0.6) is 0 Å². The van der Waals surface area contributed by atoms with Crippen LogP contribution in [-0.2, 0) is 24.7 Å². The summed E-state index contributed by atoms with van der Waals surface area (Å²) >= 11 is 0. The highest BCUT2D eigenvalue weighted by Gasteiger charge is 2.51. The highest BCUT2D eigenvalue weighted by atomic mass is 32.2. The first-order chi connectivity index (χ1) is 11.8. The van der Waals surface area contributed by atoms with Gasteiger partial charge in [0.05, 0.1) is 5.75 Å². The maximum absolute atomic E-state index is 13.0. The number of sulfonamides is 1. The van der Waals surface area contributed by atoms with Gasteiger partial charge in [0, 0.05) is 17.6 Å². The Hall–Kier alpha value is -2.11. The molecule has 0 saturated heterocycles. The molecule has 0 aliphatic heterocycles. The zero-order valence-corrected chi connectivity index (χ0v) is 16.1. The second-order valence-corrected chi connectivity index (χ2v) is 10.1. The molecule has 0 bridgehead atoms. The molecular formula is C15H20N4O5S2. The molecule has 3 N–H and O–H groups in total. The van der Waals surface area contributed by atoms with Crippen LogP contribution in [0, 0.1) is 19.3 Å². The molecule has 9 nitrogen and oxygen atoms in total. The van der Waals surface area contributed by atoms with Gasteiger partial charge in [-0.3, -0.25) is 10.1 Å². The van der Waals surface area contributed by atoms with E-state index in [0.717, 1.165) is 6.26 Å². The summed E-state index contributed by atoms with van der Waals surface area (Å²) in [7, 11) is -8.00. The molecule has 1 amide bonds. The standard InChI is InChI=1S/C15H20N4O5S2/c1-10-8-11(2)18-14(17-10)19-13(20)15(9-25(3,21)22)7-5-4-6-12(15)26(16,23)24/h4-8,12H,9H2,1-3H3,(H2,16,23,24)(H,17,18,19,20). The first kappa shape index (κ1) is 20.2. The van der Waals surface area contributed by atoms with Gasteiger partial charge in [-0.2, -0.15) is 0 Å². The average Bonchev–Trinajstić information content (AvgIpc) is 2.43. The number of carbonyl (C=O) groups excluding carboxylic acids is 1. The van der Waals surface area contributed by atoms with Crippen LogP contribution in [0.1, 0.15) is 11.4 Å². The Morgan fingerprint density at radius 1 is 1.19 bits per heavy atom. The van der Waals surface area contributed by atoms with E-state index in [1.165, 1.54) is 24.3 Å². The molecule has 0 radical (unpaired) electrons. The number of aryl methyl sites for hydroxylation is 2. The minimum Gasteiger partial charge on any atom is -0.294 e. The Morgan fingerprint density at radius 3 is 2.27 bits per heavy atom. The topological polar surface area (TPSA) is 149 Å². The highest BCUT2D eigenvalue weighted by molar-refractivity contribution is 7.91. The van der Waals surface area contributed by atoms with Gasteiger partial charge in [0.15, 0.2) is 0 Å². The summed E-state index contributed by atoms with van der Waals surface area (Å²) < 4.78 is 48.0. The van der Waals surface area contributed by atoms with Gasteiger partial charge in [-0.05, 0) is 19.9 Å². The summed E-state index contributed by atoms with van der Waals surface area (Å²) in [5, 5.41) is 6.15. The highest BCUT2D eigenvalue weighted by Crippen LogP contribution is 2.35. The fraction of sp³-hybridized carbons (Fsp3) is 0.400. The maximum atomic E-state index is 13.0. The Morgan fingerprint density at radius 2 is 1.77 bits per heavy atom. The summed E-state index contributed by atoms with van der Waals surface area (Å²) in [5.74, 6) is -1.65. The number of rotatable bonds is 5. The summed E-state index contributed by atoms with van der Waals surface area (Å²) in [4.78, 5) is 21.1. The van der Waals surface area contributed by atoms with E-state index in [2.05, 4.69) is 15.3 Å². The summed E-state index contributed by atoms with van der Waals surface area (Å²) in [6.07, 6.45) is 6.16. The monoisotopic (exact) mass is 400 g/mol. The fourth-order valence-corrected chi connectivity index (χ4v) is 5.44. The van der Waals surface area contributed by atoms with E-state index in [-0.39, 0.29) is 5.95 Å². The van der Waals surface area contributed by atoms with Crippen LogP contribution in [-0.4, -0.2) is 50.0 Å². The van der Waals surface area contributed by atoms with Crippen molar-refractivity contribution < 1.29 is 21.6 Å².